The lowest BCUT2D eigenvalue weighted by Crippen LogP contribution is -2.51. The number of piperazine rings is 1. The Morgan fingerprint density at radius 2 is 1.71 bits per heavy atom. The van der Waals surface area contributed by atoms with Crippen LogP contribution in [0.1, 0.15) is 36.5 Å². The van der Waals surface area contributed by atoms with Crippen molar-refractivity contribution in [2.24, 2.45) is 0 Å². The molecule has 1 saturated heterocycles. The molecular formula is C18H26N2O3S. The molecule has 6 heteroatoms. The molecule has 3 rings (SSSR count). The van der Waals surface area contributed by atoms with Crippen molar-refractivity contribution in [1.82, 2.24) is 9.21 Å². The standard InChI is InChI=1S/C18H26N2O3S/c1-2-24(22,23)20-11-9-19(10-12-20)18(21)14-15-7-8-16-5-3-4-6-17(16)13-15/h7-8,13H,2-6,9-12,14H2,1H3. The second kappa shape index (κ2) is 7.23. The molecule has 0 bridgehead atoms. The molecule has 5 nitrogen and oxygen atoms in total. The zero-order valence-corrected chi connectivity index (χ0v) is 15.1. The molecule has 1 aromatic carbocycles. The smallest absolute Gasteiger partial charge is 0.227 e. The van der Waals surface area contributed by atoms with Crippen molar-refractivity contribution in [2.75, 3.05) is 31.9 Å². The summed E-state index contributed by atoms with van der Waals surface area (Å²) >= 11 is 0. The van der Waals surface area contributed by atoms with Crippen molar-refractivity contribution in [3.05, 3.63) is 34.9 Å². The van der Waals surface area contributed by atoms with Gasteiger partial charge in [0.15, 0.2) is 0 Å². The average Bonchev–Trinajstić information content (AvgIpc) is 2.61. The largest absolute Gasteiger partial charge is 0.340 e. The van der Waals surface area contributed by atoms with E-state index in [1.165, 1.54) is 28.3 Å². The summed E-state index contributed by atoms with van der Waals surface area (Å²) in [5, 5.41) is 0. The number of aryl methyl sites for hydroxylation is 2. The normalized spacial score (nSPS) is 19.1. The number of hydrogen-bond acceptors (Lipinski definition) is 3. The first-order valence-corrected chi connectivity index (χ1v) is 10.5. The van der Waals surface area contributed by atoms with Gasteiger partial charge < -0.3 is 4.90 Å². The summed E-state index contributed by atoms with van der Waals surface area (Å²) in [5.41, 5.74) is 3.89. The van der Waals surface area contributed by atoms with E-state index < -0.39 is 10.0 Å². The Kier molecular flexibility index (Phi) is 5.25. The highest BCUT2D eigenvalue weighted by molar-refractivity contribution is 7.89. The molecule has 1 amide bonds. The number of benzene rings is 1. The second-order valence-electron chi connectivity index (χ2n) is 6.67. The number of nitrogens with zero attached hydrogens (tertiary/aromatic N) is 2. The summed E-state index contributed by atoms with van der Waals surface area (Å²) < 4.78 is 25.3. The van der Waals surface area contributed by atoms with Gasteiger partial charge in [0.25, 0.3) is 0 Å². The van der Waals surface area contributed by atoms with Crippen LogP contribution in [-0.2, 0) is 34.1 Å². The molecule has 2 aliphatic rings. The predicted octanol–water partition coefficient (Wildman–Crippen LogP) is 1.60. The summed E-state index contributed by atoms with van der Waals surface area (Å²) in [5.74, 6) is 0.218. The first kappa shape index (κ1) is 17.4. The zero-order valence-electron chi connectivity index (χ0n) is 14.3. The van der Waals surface area contributed by atoms with Crippen molar-refractivity contribution in [3.63, 3.8) is 0 Å². The van der Waals surface area contributed by atoms with Gasteiger partial charge in [-0.25, -0.2) is 8.42 Å². The molecule has 1 heterocycles. The molecule has 132 valence electrons. The van der Waals surface area contributed by atoms with Gasteiger partial charge in [-0.3, -0.25) is 4.79 Å². The van der Waals surface area contributed by atoms with Gasteiger partial charge in [-0.2, -0.15) is 4.31 Å². The molecule has 0 spiro atoms. The Hall–Kier alpha value is -1.40. The van der Waals surface area contributed by atoms with Gasteiger partial charge in [0, 0.05) is 26.2 Å². The van der Waals surface area contributed by atoms with Gasteiger partial charge in [-0.15, -0.1) is 0 Å². The van der Waals surface area contributed by atoms with E-state index in [0.29, 0.717) is 32.6 Å². The lowest BCUT2D eigenvalue weighted by atomic mass is 9.90. The van der Waals surface area contributed by atoms with Crippen molar-refractivity contribution in [3.8, 4) is 0 Å². The van der Waals surface area contributed by atoms with E-state index in [0.717, 1.165) is 18.4 Å². The van der Waals surface area contributed by atoms with Crippen molar-refractivity contribution >= 4 is 15.9 Å². The average molecular weight is 350 g/mol. The van der Waals surface area contributed by atoms with Crippen LogP contribution >= 0.6 is 0 Å². The van der Waals surface area contributed by atoms with Crippen LogP contribution in [0.3, 0.4) is 0 Å². The van der Waals surface area contributed by atoms with Crippen molar-refractivity contribution < 1.29 is 13.2 Å². The van der Waals surface area contributed by atoms with Gasteiger partial charge >= 0.3 is 0 Å². The van der Waals surface area contributed by atoms with Gasteiger partial charge in [0.1, 0.15) is 0 Å². The van der Waals surface area contributed by atoms with Gasteiger partial charge in [-0.1, -0.05) is 18.2 Å². The van der Waals surface area contributed by atoms with Gasteiger partial charge in [-0.05, 0) is 49.3 Å². The molecule has 0 atom stereocenters. The molecule has 1 aliphatic heterocycles. The highest BCUT2D eigenvalue weighted by Gasteiger charge is 2.27. The van der Waals surface area contributed by atoms with E-state index in [1.807, 2.05) is 0 Å². The highest BCUT2D eigenvalue weighted by Crippen LogP contribution is 2.22. The van der Waals surface area contributed by atoms with E-state index in [2.05, 4.69) is 18.2 Å². The van der Waals surface area contributed by atoms with Gasteiger partial charge in [0.2, 0.25) is 15.9 Å². The molecule has 0 unspecified atom stereocenters. The zero-order chi connectivity index (χ0) is 17.2. The third kappa shape index (κ3) is 3.81. The quantitative estimate of drug-likeness (QED) is 0.829. The SMILES string of the molecule is CCS(=O)(=O)N1CCN(C(=O)Cc2ccc3c(c2)CCCC3)CC1. The maximum absolute atomic E-state index is 12.5. The molecule has 0 N–H and O–H groups in total. The lowest BCUT2D eigenvalue weighted by molar-refractivity contribution is -0.131. The third-order valence-electron chi connectivity index (χ3n) is 5.12. The van der Waals surface area contributed by atoms with Crippen molar-refractivity contribution in [2.45, 2.75) is 39.0 Å². The Labute approximate surface area is 144 Å². The molecule has 0 aromatic heterocycles. The Bertz CT molecular complexity index is 707. The fraction of sp³-hybridized carbons (Fsp3) is 0.611. The summed E-state index contributed by atoms with van der Waals surface area (Å²) in [6, 6.07) is 6.42. The number of fused-ring (bicyclic) bond motifs is 1. The summed E-state index contributed by atoms with van der Waals surface area (Å²) in [6.45, 7) is 3.45. The number of amides is 1. The van der Waals surface area contributed by atoms with Crippen molar-refractivity contribution in [1.29, 1.82) is 0 Å². The van der Waals surface area contributed by atoms with E-state index in [9.17, 15) is 13.2 Å². The molecule has 1 aliphatic carbocycles. The van der Waals surface area contributed by atoms with Gasteiger partial charge in [0.05, 0.1) is 12.2 Å². The Balaban J connectivity index is 1.58. The molecule has 24 heavy (non-hydrogen) atoms. The summed E-state index contributed by atoms with van der Waals surface area (Å²) in [6.07, 6.45) is 5.17. The van der Waals surface area contributed by atoms with Crippen LogP contribution < -0.4 is 0 Å². The summed E-state index contributed by atoms with van der Waals surface area (Å²) in [4.78, 5) is 14.3. The van der Waals surface area contributed by atoms with Crippen LogP contribution in [0.25, 0.3) is 0 Å². The fourth-order valence-electron chi connectivity index (χ4n) is 3.58. The van der Waals surface area contributed by atoms with E-state index in [4.69, 9.17) is 0 Å². The topological polar surface area (TPSA) is 57.7 Å². The minimum atomic E-state index is -3.14. The van der Waals surface area contributed by atoms with Crippen LogP contribution in [0.4, 0.5) is 0 Å². The summed E-state index contributed by atoms with van der Waals surface area (Å²) in [7, 11) is -3.14. The first-order chi connectivity index (χ1) is 11.5. The fourth-order valence-corrected chi connectivity index (χ4v) is 4.67. The maximum atomic E-state index is 12.5. The van der Waals surface area contributed by atoms with E-state index in [1.54, 1.807) is 11.8 Å². The molecule has 1 aromatic rings. The highest BCUT2D eigenvalue weighted by atomic mass is 32.2. The number of sulfonamides is 1. The van der Waals surface area contributed by atoms with Crippen LogP contribution in [-0.4, -0.2) is 55.5 Å². The van der Waals surface area contributed by atoms with Crippen LogP contribution in [0, 0.1) is 0 Å². The molecule has 1 fully saturated rings. The predicted molar refractivity (Wildman–Crippen MR) is 94.4 cm³/mol. The lowest BCUT2D eigenvalue weighted by Gasteiger charge is -2.34. The monoisotopic (exact) mass is 350 g/mol. The first-order valence-electron chi connectivity index (χ1n) is 8.86. The number of carbonyl (C=O) groups is 1. The molecule has 0 saturated carbocycles. The molecular weight excluding hydrogens is 324 g/mol. The van der Waals surface area contributed by atoms with E-state index in [-0.39, 0.29) is 11.7 Å². The minimum absolute atomic E-state index is 0.0966. The second-order valence-corrected chi connectivity index (χ2v) is 8.92. The van der Waals surface area contributed by atoms with E-state index >= 15 is 0 Å². The number of rotatable bonds is 4. The van der Waals surface area contributed by atoms with Crippen LogP contribution in [0.2, 0.25) is 0 Å². The van der Waals surface area contributed by atoms with Crippen LogP contribution in [0.15, 0.2) is 18.2 Å². The van der Waals surface area contributed by atoms with Crippen LogP contribution in [0.5, 0.6) is 0 Å². The minimum Gasteiger partial charge on any atom is -0.340 e. The number of hydrogen-bond donors (Lipinski definition) is 0. The number of carbonyl (C=O) groups excluding carboxylic acids is 1. The maximum Gasteiger partial charge on any atom is 0.227 e. The molecule has 0 radical (unpaired) electrons. The third-order valence-corrected chi connectivity index (χ3v) is 7.00. The Morgan fingerprint density at radius 1 is 1.04 bits per heavy atom. The Morgan fingerprint density at radius 3 is 2.38 bits per heavy atom.